The van der Waals surface area contributed by atoms with Gasteiger partial charge >= 0.3 is 0 Å². The van der Waals surface area contributed by atoms with Gasteiger partial charge in [-0.2, -0.15) is 0 Å². The Balaban J connectivity index is 0.000001000. The molecule has 112 valence electrons. The van der Waals surface area contributed by atoms with Crippen molar-refractivity contribution in [3.8, 4) is 0 Å². The Labute approximate surface area is 145 Å². The first-order valence-electron chi connectivity index (χ1n) is 6.55. The Bertz CT molecular complexity index is 513. The molecule has 1 saturated heterocycles. The Hall–Kier alpha value is -0.170. The van der Waals surface area contributed by atoms with E-state index in [-0.39, 0.29) is 34.0 Å². The van der Waals surface area contributed by atoms with E-state index in [4.69, 9.17) is 4.98 Å². The molecule has 0 radical (unpaired) electrons. The van der Waals surface area contributed by atoms with E-state index < -0.39 is 0 Å². The molecule has 0 aliphatic carbocycles. The summed E-state index contributed by atoms with van der Waals surface area (Å²) in [5, 5.41) is 4.60. The second kappa shape index (κ2) is 7.73. The van der Waals surface area contributed by atoms with Gasteiger partial charge in [-0.25, -0.2) is 4.98 Å². The summed E-state index contributed by atoms with van der Waals surface area (Å²) in [5.74, 6) is 0.677. The number of benzene rings is 1. The van der Waals surface area contributed by atoms with Gasteiger partial charge in [0.25, 0.3) is 0 Å². The number of para-hydroxylation sites is 1. The first-order chi connectivity index (χ1) is 8.75. The summed E-state index contributed by atoms with van der Waals surface area (Å²) in [7, 11) is 2.18. The van der Waals surface area contributed by atoms with Crippen LogP contribution in [0, 0.1) is 5.92 Å². The highest BCUT2D eigenvalue weighted by Gasteiger charge is 2.26. The fourth-order valence-corrected chi connectivity index (χ4v) is 3.71. The van der Waals surface area contributed by atoms with E-state index in [0.29, 0.717) is 12.0 Å². The molecule has 1 N–H and O–H groups in total. The van der Waals surface area contributed by atoms with E-state index in [2.05, 4.69) is 48.5 Å². The molecule has 1 fully saturated rings. The van der Waals surface area contributed by atoms with Gasteiger partial charge in [-0.05, 0) is 37.6 Å². The van der Waals surface area contributed by atoms with Gasteiger partial charge in [-0.3, -0.25) is 0 Å². The Morgan fingerprint density at radius 2 is 2.05 bits per heavy atom. The molecule has 0 amide bonds. The third-order valence-electron chi connectivity index (χ3n) is 3.82. The van der Waals surface area contributed by atoms with Gasteiger partial charge in [-0.15, -0.1) is 34.0 Å². The highest BCUT2D eigenvalue weighted by atomic mass is 79.9. The maximum Gasteiger partial charge on any atom is 0.186 e. The quantitative estimate of drug-likeness (QED) is 0.795. The third kappa shape index (κ3) is 3.53. The first kappa shape index (κ1) is 17.9. The van der Waals surface area contributed by atoms with Crippen molar-refractivity contribution in [3.63, 3.8) is 0 Å². The molecule has 1 aromatic heterocycles. The lowest BCUT2D eigenvalue weighted by Crippen LogP contribution is -2.47. The molecular formula is C14H21Br2N3S. The summed E-state index contributed by atoms with van der Waals surface area (Å²) in [4.78, 5) is 7.12. The Kier molecular flexibility index (Phi) is 6.91. The topological polar surface area (TPSA) is 28.2 Å². The SMILES string of the molecule is Br.Br.C[C@@H]1CNCC[C@@H]1N(C)c1nc2ccccc2s1. The van der Waals surface area contributed by atoms with Crippen LogP contribution in [-0.2, 0) is 0 Å². The number of anilines is 1. The summed E-state index contributed by atoms with van der Waals surface area (Å²) in [5.41, 5.74) is 1.12. The van der Waals surface area contributed by atoms with Gasteiger partial charge < -0.3 is 10.2 Å². The average molecular weight is 423 g/mol. The molecule has 0 unspecified atom stereocenters. The average Bonchev–Trinajstić information content (AvgIpc) is 2.82. The predicted molar refractivity (Wildman–Crippen MR) is 99.1 cm³/mol. The minimum atomic E-state index is 0. The molecule has 1 aliphatic rings. The summed E-state index contributed by atoms with van der Waals surface area (Å²) in [6.45, 7) is 4.55. The molecule has 2 atom stereocenters. The van der Waals surface area contributed by atoms with Crippen LogP contribution in [0.25, 0.3) is 10.2 Å². The van der Waals surface area contributed by atoms with E-state index in [9.17, 15) is 0 Å². The second-order valence-electron chi connectivity index (χ2n) is 5.11. The Morgan fingerprint density at radius 3 is 2.75 bits per heavy atom. The van der Waals surface area contributed by atoms with Gasteiger partial charge in [0.05, 0.1) is 10.2 Å². The maximum atomic E-state index is 4.75. The molecular weight excluding hydrogens is 402 g/mol. The number of hydrogen-bond donors (Lipinski definition) is 1. The molecule has 0 saturated carbocycles. The zero-order valence-corrected chi connectivity index (χ0v) is 15.9. The smallest absolute Gasteiger partial charge is 0.186 e. The lowest BCUT2D eigenvalue weighted by Gasteiger charge is -2.36. The number of hydrogen-bond acceptors (Lipinski definition) is 4. The second-order valence-corrected chi connectivity index (χ2v) is 6.12. The van der Waals surface area contributed by atoms with E-state index >= 15 is 0 Å². The Morgan fingerprint density at radius 1 is 1.30 bits per heavy atom. The fourth-order valence-electron chi connectivity index (χ4n) is 2.73. The van der Waals surface area contributed by atoms with Crippen molar-refractivity contribution < 1.29 is 0 Å². The molecule has 2 aromatic rings. The summed E-state index contributed by atoms with van der Waals surface area (Å²) < 4.78 is 1.28. The molecule has 3 nitrogen and oxygen atoms in total. The number of aromatic nitrogens is 1. The number of fused-ring (bicyclic) bond motifs is 1. The highest BCUT2D eigenvalue weighted by molar-refractivity contribution is 8.93. The van der Waals surface area contributed by atoms with Crippen molar-refractivity contribution in [2.45, 2.75) is 19.4 Å². The van der Waals surface area contributed by atoms with Crippen molar-refractivity contribution in [1.29, 1.82) is 0 Å². The zero-order valence-electron chi connectivity index (χ0n) is 11.7. The molecule has 20 heavy (non-hydrogen) atoms. The fraction of sp³-hybridized carbons (Fsp3) is 0.500. The standard InChI is InChI=1S/C14H19N3S.2BrH/c1-10-9-15-8-7-12(10)17(2)14-16-11-5-3-4-6-13(11)18-14;;/h3-6,10,12,15H,7-9H2,1-2H3;2*1H/t10-,12+;;/m1../s1. The zero-order chi connectivity index (χ0) is 12.5. The lowest BCUT2D eigenvalue weighted by atomic mass is 9.94. The van der Waals surface area contributed by atoms with Gasteiger partial charge in [-0.1, -0.05) is 30.4 Å². The number of piperidine rings is 1. The summed E-state index contributed by atoms with van der Waals surface area (Å²) in [6, 6.07) is 8.98. The maximum absolute atomic E-state index is 4.75. The van der Waals surface area contributed by atoms with Crippen molar-refractivity contribution in [1.82, 2.24) is 10.3 Å². The third-order valence-corrected chi connectivity index (χ3v) is 4.95. The van der Waals surface area contributed by atoms with Crippen LogP contribution in [0.4, 0.5) is 5.13 Å². The molecule has 3 rings (SSSR count). The minimum absolute atomic E-state index is 0. The first-order valence-corrected chi connectivity index (χ1v) is 7.36. The van der Waals surface area contributed by atoms with Gasteiger partial charge in [0.15, 0.2) is 5.13 Å². The van der Waals surface area contributed by atoms with E-state index in [1.54, 1.807) is 11.3 Å². The molecule has 1 aromatic carbocycles. The molecule has 2 heterocycles. The van der Waals surface area contributed by atoms with Crippen molar-refractivity contribution >= 4 is 60.6 Å². The summed E-state index contributed by atoms with van der Waals surface area (Å²) >= 11 is 1.80. The van der Waals surface area contributed by atoms with Gasteiger partial charge in [0.1, 0.15) is 0 Å². The van der Waals surface area contributed by atoms with Crippen LogP contribution in [0.15, 0.2) is 24.3 Å². The van der Waals surface area contributed by atoms with Crippen LogP contribution < -0.4 is 10.2 Å². The number of nitrogens with zero attached hydrogens (tertiary/aromatic N) is 2. The number of nitrogens with one attached hydrogen (secondary N) is 1. The normalized spacial score (nSPS) is 21.9. The number of rotatable bonds is 2. The highest BCUT2D eigenvalue weighted by Crippen LogP contribution is 2.31. The van der Waals surface area contributed by atoms with Crippen LogP contribution in [-0.4, -0.2) is 31.2 Å². The molecule has 0 spiro atoms. The van der Waals surface area contributed by atoms with Crippen LogP contribution in [0.3, 0.4) is 0 Å². The molecule has 6 heteroatoms. The van der Waals surface area contributed by atoms with Crippen LogP contribution in [0.1, 0.15) is 13.3 Å². The predicted octanol–water partition coefficient (Wildman–Crippen LogP) is 3.89. The lowest BCUT2D eigenvalue weighted by molar-refractivity contribution is 0.339. The monoisotopic (exact) mass is 421 g/mol. The molecule has 0 bridgehead atoms. The van der Waals surface area contributed by atoms with Crippen molar-refractivity contribution in [2.24, 2.45) is 5.92 Å². The van der Waals surface area contributed by atoms with E-state index in [1.807, 2.05) is 0 Å². The number of halogens is 2. The van der Waals surface area contributed by atoms with Crippen LogP contribution in [0.5, 0.6) is 0 Å². The van der Waals surface area contributed by atoms with E-state index in [0.717, 1.165) is 23.7 Å². The number of thiazole rings is 1. The van der Waals surface area contributed by atoms with Crippen molar-refractivity contribution in [3.05, 3.63) is 24.3 Å². The van der Waals surface area contributed by atoms with Crippen LogP contribution >= 0.6 is 45.3 Å². The van der Waals surface area contributed by atoms with E-state index in [1.165, 1.54) is 11.1 Å². The molecule has 1 aliphatic heterocycles. The van der Waals surface area contributed by atoms with Gasteiger partial charge in [0.2, 0.25) is 0 Å². The van der Waals surface area contributed by atoms with Crippen LogP contribution in [0.2, 0.25) is 0 Å². The summed E-state index contributed by atoms with van der Waals surface area (Å²) in [6.07, 6.45) is 1.20. The van der Waals surface area contributed by atoms with Crippen molar-refractivity contribution in [2.75, 3.05) is 25.0 Å². The minimum Gasteiger partial charge on any atom is -0.348 e. The van der Waals surface area contributed by atoms with Gasteiger partial charge in [0, 0.05) is 13.1 Å². The largest absolute Gasteiger partial charge is 0.348 e.